The van der Waals surface area contributed by atoms with E-state index in [-0.39, 0.29) is 26.2 Å². The zero-order valence-corrected chi connectivity index (χ0v) is 17.9. The van der Waals surface area contributed by atoms with Crippen molar-refractivity contribution in [2.75, 3.05) is 72.2 Å². The fourth-order valence-electron chi connectivity index (χ4n) is 3.76. The van der Waals surface area contributed by atoms with Crippen molar-refractivity contribution in [2.45, 2.75) is 18.9 Å². The maximum absolute atomic E-state index is 12.3. The first-order chi connectivity index (χ1) is 15.3. The van der Waals surface area contributed by atoms with Crippen LogP contribution in [0.5, 0.6) is 0 Å². The maximum atomic E-state index is 12.3. The number of ether oxygens (including phenoxy) is 2. The van der Waals surface area contributed by atoms with Gasteiger partial charge in [0, 0.05) is 58.8 Å². The van der Waals surface area contributed by atoms with Crippen LogP contribution < -0.4 is 0 Å². The summed E-state index contributed by atoms with van der Waals surface area (Å²) in [5.74, 6) is -3.18. The van der Waals surface area contributed by atoms with Crippen LogP contribution >= 0.6 is 0 Å². The normalized spacial score (nSPS) is 23.6. The zero-order valence-electron chi connectivity index (χ0n) is 17.9. The molecule has 2 heterocycles. The minimum absolute atomic E-state index is 0.0109. The van der Waals surface area contributed by atoms with E-state index in [2.05, 4.69) is 0 Å². The molecule has 0 bridgehead atoms. The van der Waals surface area contributed by atoms with E-state index < -0.39 is 29.9 Å². The molecule has 180 valence electrons. The van der Waals surface area contributed by atoms with Crippen LogP contribution in [0.25, 0.3) is 0 Å². The van der Waals surface area contributed by atoms with E-state index in [1.165, 1.54) is 0 Å². The summed E-state index contributed by atoms with van der Waals surface area (Å²) in [5.41, 5.74) is 0. The van der Waals surface area contributed by atoms with Crippen LogP contribution in [0.3, 0.4) is 0 Å². The molecule has 0 amide bonds. The Kier molecular flexibility index (Phi) is 10.5. The van der Waals surface area contributed by atoms with E-state index in [9.17, 15) is 34.2 Å². The highest BCUT2D eigenvalue weighted by Gasteiger charge is 2.34. The van der Waals surface area contributed by atoms with Gasteiger partial charge in [0.25, 0.3) is 6.47 Å². The lowest BCUT2D eigenvalue weighted by Crippen LogP contribution is -2.53. The summed E-state index contributed by atoms with van der Waals surface area (Å²) in [5, 5.41) is 18.4. The number of carbonyl (C=O) groups is 5. The number of carbonyl (C=O) groups excluding carboxylic acids is 3. The monoisotopic (exact) mass is 458 g/mol. The van der Waals surface area contributed by atoms with Crippen LogP contribution in [0.4, 0.5) is 0 Å². The lowest BCUT2D eigenvalue weighted by atomic mass is 10.1. The van der Waals surface area contributed by atoms with E-state index in [0.717, 1.165) is 0 Å². The third-order valence-corrected chi connectivity index (χ3v) is 5.46. The molecule has 0 spiro atoms. The average Bonchev–Trinajstić information content (AvgIpc) is 2.71. The second-order valence-corrected chi connectivity index (χ2v) is 7.73. The highest BCUT2D eigenvalue weighted by atomic mass is 16.6. The molecule has 1 unspecified atom stereocenters. The first-order valence-corrected chi connectivity index (χ1v) is 10.4. The van der Waals surface area contributed by atoms with Crippen molar-refractivity contribution in [3.8, 4) is 0 Å². The number of cyclic esters (lactones) is 2. The summed E-state index contributed by atoms with van der Waals surface area (Å²) in [6, 6.07) is -0.625. The van der Waals surface area contributed by atoms with Crippen LogP contribution in [0.15, 0.2) is 0 Å². The highest BCUT2D eigenvalue weighted by molar-refractivity contribution is 5.91. The molecule has 0 aromatic carbocycles. The van der Waals surface area contributed by atoms with Gasteiger partial charge in [-0.15, -0.1) is 0 Å². The van der Waals surface area contributed by atoms with Gasteiger partial charge in [-0.25, -0.2) is 4.79 Å². The number of carboxylic acid groups (broad SMARTS) is 2. The third kappa shape index (κ3) is 8.86. The smallest absolute Gasteiger partial charge is 0.331 e. The molecule has 2 N–H and O–H groups in total. The van der Waals surface area contributed by atoms with Gasteiger partial charge >= 0.3 is 23.9 Å². The Balaban J connectivity index is 2.16. The minimum Gasteiger partial charge on any atom is -0.480 e. The van der Waals surface area contributed by atoms with Crippen molar-refractivity contribution in [3.63, 3.8) is 0 Å². The summed E-state index contributed by atoms with van der Waals surface area (Å²) in [7, 11) is 0. The third-order valence-electron chi connectivity index (χ3n) is 5.46. The van der Waals surface area contributed by atoms with E-state index >= 15 is 0 Å². The highest BCUT2D eigenvalue weighted by Crippen LogP contribution is 2.16. The molecule has 13 nitrogen and oxygen atoms in total. The van der Waals surface area contributed by atoms with Gasteiger partial charge in [0.15, 0.2) is 0 Å². The van der Waals surface area contributed by atoms with E-state index in [4.69, 9.17) is 9.47 Å². The van der Waals surface area contributed by atoms with E-state index in [1.54, 1.807) is 9.80 Å². The minimum atomic E-state index is -1.01. The van der Waals surface area contributed by atoms with Crippen molar-refractivity contribution in [1.82, 2.24) is 19.6 Å². The maximum Gasteiger partial charge on any atom is 0.331 e. The summed E-state index contributed by atoms with van der Waals surface area (Å²) < 4.78 is 9.66. The van der Waals surface area contributed by atoms with Crippen molar-refractivity contribution < 1.29 is 43.7 Å². The van der Waals surface area contributed by atoms with Gasteiger partial charge in [-0.3, -0.25) is 38.8 Å². The number of carboxylic acids is 2. The van der Waals surface area contributed by atoms with Crippen LogP contribution in [-0.2, 0) is 33.4 Å². The Morgan fingerprint density at radius 1 is 0.906 bits per heavy atom. The number of hydrogen-bond acceptors (Lipinski definition) is 11. The molecule has 0 saturated carbocycles. The van der Waals surface area contributed by atoms with Gasteiger partial charge in [-0.1, -0.05) is 0 Å². The largest absolute Gasteiger partial charge is 0.480 e. The lowest BCUT2D eigenvalue weighted by Gasteiger charge is -2.36. The topological polar surface area (TPSA) is 157 Å². The van der Waals surface area contributed by atoms with Crippen LogP contribution in [0.1, 0.15) is 12.8 Å². The molecule has 2 rings (SSSR count). The Morgan fingerprint density at radius 3 is 1.91 bits per heavy atom. The summed E-state index contributed by atoms with van der Waals surface area (Å²) >= 11 is 0. The number of rotatable bonds is 8. The van der Waals surface area contributed by atoms with Crippen molar-refractivity contribution in [2.24, 2.45) is 0 Å². The predicted octanol–water partition coefficient (Wildman–Crippen LogP) is -2.26. The fourth-order valence-corrected chi connectivity index (χ4v) is 3.76. The van der Waals surface area contributed by atoms with Gasteiger partial charge in [-0.2, -0.15) is 0 Å². The second-order valence-electron chi connectivity index (χ2n) is 7.73. The molecule has 0 aromatic heterocycles. The quantitative estimate of drug-likeness (QED) is 0.228. The summed E-state index contributed by atoms with van der Waals surface area (Å²) in [6.45, 7) is 2.83. The molecule has 2 aliphatic rings. The van der Waals surface area contributed by atoms with Gasteiger partial charge in [0.05, 0.1) is 13.1 Å². The van der Waals surface area contributed by atoms with Crippen molar-refractivity contribution in [1.29, 1.82) is 0 Å². The zero-order chi connectivity index (χ0) is 23.5. The summed E-state index contributed by atoms with van der Waals surface area (Å²) in [6.07, 6.45) is 0.432. The molecule has 13 heteroatoms. The first kappa shape index (κ1) is 25.6. The molecule has 0 aliphatic carbocycles. The molecular weight excluding hydrogens is 428 g/mol. The fraction of sp³-hybridized carbons (Fsp3) is 0.737. The van der Waals surface area contributed by atoms with E-state index in [1.807, 2.05) is 9.80 Å². The molecule has 1 atom stereocenters. The lowest BCUT2D eigenvalue weighted by molar-refractivity contribution is -0.169. The van der Waals surface area contributed by atoms with Crippen molar-refractivity contribution in [3.05, 3.63) is 0 Å². The molecule has 0 radical (unpaired) electrons. The predicted molar refractivity (Wildman–Crippen MR) is 107 cm³/mol. The molecule has 2 aliphatic heterocycles. The number of hydrogen-bond donors (Lipinski definition) is 2. The molecule has 0 aromatic rings. The van der Waals surface area contributed by atoms with Crippen molar-refractivity contribution >= 4 is 30.3 Å². The van der Waals surface area contributed by atoms with Gasteiger partial charge < -0.3 is 19.7 Å². The molecular formula is C19H30N4O9. The average molecular weight is 458 g/mol. The number of nitrogens with zero attached hydrogens (tertiary/aromatic N) is 4. The Labute approximate surface area is 185 Å². The Morgan fingerprint density at radius 2 is 1.41 bits per heavy atom. The molecule has 2 fully saturated rings. The van der Waals surface area contributed by atoms with Gasteiger partial charge in [0.1, 0.15) is 12.8 Å². The van der Waals surface area contributed by atoms with Gasteiger partial charge in [0.2, 0.25) is 0 Å². The molecule has 2 saturated heterocycles. The number of aliphatic carboxylic acids is 2. The Hall–Kier alpha value is -2.61. The second kappa shape index (κ2) is 13.1. The van der Waals surface area contributed by atoms with Crippen LogP contribution in [-0.4, -0.2) is 138 Å². The first-order valence-electron chi connectivity index (χ1n) is 10.4. The molecule has 32 heavy (non-hydrogen) atoms. The van der Waals surface area contributed by atoms with Gasteiger partial charge in [-0.05, 0) is 6.42 Å². The van der Waals surface area contributed by atoms with Crippen LogP contribution in [0, 0.1) is 0 Å². The van der Waals surface area contributed by atoms with Crippen LogP contribution in [0.2, 0.25) is 0 Å². The Bertz CT molecular complexity index is 690. The standard InChI is InChI=1S/C19H30N4O9/c24-14-31-13-22-6-5-20(11-16(25)26)3-4-21(12-17(27)28)7-9-23(10-8-22)15-1-2-18(29)32-19(15)30/h14-15H,1-13H2,(H,25,26)(H,27,28). The SMILES string of the molecule is O=COCN1CCN(CC(=O)O)CCN(CC(=O)O)CCN(C2CCC(=O)OC2=O)CC1. The summed E-state index contributed by atoms with van der Waals surface area (Å²) in [4.78, 5) is 64.0. The number of esters is 2. The van der Waals surface area contributed by atoms with E-state index in [0.29, 0.717) is 65.3 Å².